The molecule has 1 fully saturated rings. The minimum Gasteiger partial charge on any atom is -0.462 e. The fourth-order valence-electron chi connectivity index (χ4n) is 2.47. The molecule has 1 aliphatic heterocycles. The average Bonchev–Trinajstić information content (AvgIpc) is 2.66. The largest absolute Gasteiger partial charge is 0.462 e. The molecule has 0 aromatic carbocycles. The molecule has 0 bridgehead atoms. The van der Waals surface area contributed by atoms with Crippen LogP contribution in [0.4, 0.5) is 0 Å². The van der Waals surface area contributed by atoms with E-state index in [1.165, 1.54) is 6.20 Å². The molecule has 8 heteroatoms. The third kappa shape index (κ3) is 5.60. The van der Waals surface area contributed by atoms with Crippen LogP contribution in [0.3, 0.4) is 0 Å². The van der Waals surface area contributed by atoms with Crippen LogP contribution in [0.1, 0.15) is 43.0 Å². The second-order valence-electron chi connectivity index (χ2n) is 5.94. The van der Waals surface area contributed by atoms with E-state index in [2.05, 4.69) is 10.2 Å². The Morgan fingerprint density at radius 2 is 2.16 bits per heavy atom. The van der Waals surface area contributed by atoms with Gasteiger partial charge in [-0.25, -0.2) is 4.79 Å². The molecular formula is C17H22N2O6. The first-order valence-electron chi connectivity index (χ1n) is 8.30. The van der Waals surface area contributed by atoms with Crippen molar-refractivity contribution in [2.75, 3.05) is 19.8 Å². The lowest BCUT2D eigenvalue weighted by Gasteiger charge is -2.30. The topological polar surface area (TPSA) is 104 Å². The SMILES string of the molecule is CCC(COC(=O)c1cccnc1)CC(=O)OC1(N=O)CCOCC1. The van der Waals surface area contributed by atoms with Gasteiger partial charge in [-0.1, -0.05) is 6.92 Å². The van der Waals surface area contributed by atoms with Gasteiger partial charge in [0.25, 0.3) is 0 Å². The zero-order valence-corrected chi connectivity index (χ0v) is 14.2. The summed E-state index contributed by atoms with van der Waals surface area (Å²) in [6.45, 7) is 2.64. The van der Waals surface area contributed by atoms with E-state index in [0.29, 0.717) is 25.2 Å². The summed E-state index contributed by atoms with van der Waals surface area (Å²) < 4.78 is 15.7. The maximum absolute atomic E-state index is 12.1. The first-order valence-corrected chi connectivity index (χ1v) is 8.30. The molecule has 0 N–H and O–H groups in total. The van der Waals surface area contributed by atoms with Gasteiger partial charge in [-0.05, 0) is 23.7 Å². The first-order chi connectivity index (χ1) is 12.1. The molecule has 1 aromatic rings. The lowest BCUT2D eigenvalue weighted by molar-refractivity contribution is -0.169. The molecule has 1 unspecified atom stereocenters. The average molecular weight is 350 g/mol. The molecule has 0 saturated carbocycles. The van der Waals surface area contributed by atoms with Gasteiger partial charge in [-0.2, -0.15) is 0 Å². The normalized spacial score (nSPS) is 17.3. The molecule has 1 atom stereocenters. The zero-order valence-electron chi connectivity index (χ0n) is 14.2. The minimum atomic E-state index is -1.33. The van der Waals surface area contributed by atoms with Crippen LogP contribution in [0.15, 0.2) is 29.7 Å². The second-order valence-corrected chi connectivity index (χ2v) is 5.94. The number of hydrogen-bond acceptors (Lipinski definition) is 8. The van der Waals surface area contributed by atoms with E-state index in [4.69, 9.17) is 14.2 Å². The van der Waals surface area contributed by atoms with Gasteiger partial charge in [0.15, 0.2) is 0 Å². The van der Waals surface area contributed by atoms with Gasteiger partial charge < -0.3 is 14.2 Å². The molecule has 0 aliphatic carbocycles. The summed E-state index contributed by atoms with van der Waals surface area (Å²) in [5.74, 6) is -1.21. The summed E-state index contributed by atoms with van der Waals surface area (Å²) in [4.78, 5) is 39.0. The summed E-state index contributed by atoms with van der Waals surface area (Å²) in [5, 5.41) is 3.00. The van der Waals surface area contributed by atoms with E-state index in [9.17, 15) is 14.5 Å². The van der Waals surface area contributed by atoms with Crippen molar-refractivity contribution in [3.8, 4) is 0 Å². The standard InChI is InChI=1S/C17H22N2O6/c1-2-13(12-24-16(21)14-4-3-7-18-11-14)10-15(20)25-17(19-22)5-8-23-9-6-17/h3-4,7,11,13H,2,5-6,8-10,12H2,1H3. The van der Waals surface area contributed by atoms with Crippen LogP contribution in [0.25, 0.3) is 0 Å². The highest BCUT2D eigenvalue weighted by Gasteiger charge is 2.38. The van der Waals surface area contributed by atoms with Crippen LogP contribution in [0.5, 0.6) is 0 Å². The van der Waals surface area contributed by atoms with Crippen molar-refractivity contribution in [3.63, 3.8) is 0 Å². The molecule has 2 heterocycles. The van der Waals surface area contributed by atoms with E-state index in [0.717, 1.165) is 0 Å². The summed E-state index contributed by atoms with van der Waals surface area (Å²) in [6, 6.07) is 3.25. The van der Waals surface area contributed by atoms with Crippen molar-refractivity contribution < 1.29 is 23.8 Å². The van der Waals surface area contributed by atoms with E-state index in [-0.39, 0.29) is 31.8 Å². The van der Waals surface area contributed by atoms with Crippen LogP contribution >= 0.6 is 0 Å². The van der Waals surface area contributed by atoms with Gasteiger partial charge in [-0.15, -0.1) is 4.91 Å². The lowest BCUT2D eigenvalue weighted by atomic mass is 10.0. The molecule has 0 radical (unpaired) electrons. The van der Waals surface area contributed by atoms with Crippen molar-refractivity contribution in [1.29, 1.82) is 0 Å². The first kappa shape index (κ1) is 19.0. The van der Waals surface area contributed by atoms with Crippen LogP contribution in [-0.2, 0) is 19.0 Å². The number of nitrogens with zero attached hydrogens (tertiary/aromatic N) is 2. The van der Waals surface area contributed by atoms with Crippen molar-refractivity contribution in [2.45, 2.75) is 38.3 Å². The second kappa shape index (κ2) is 9.22. The number of esters is 2. The highest BCUT2D eigenvalue weighted by atomic mass is 16.6. The molecule has 136 valence electrons. The molecule has 1 aliphatic rings. The maximum Gasteiger partial charge on any atom is 0.339 e. The van der Waals surface area contributed by atoms with Gasteiger partial charge in [0.2, 0.25) is 5.72 Å². The van der Waals surface area contributed by atoms with Crippen LogP contribution < -0.4 is 0 Å². The summed E-state index contributed by atoms with van der Waals surface area (Å²) in [5.41, 5.74) is -0.980. The van der Waals surface area contributed by atoms with Crippen molar-refractivity contribution >= 4 is 11.9 Å². The number of ether oxygens (including phenoxy) is 3. The monoisotopic (exact) mass is 350 g/mol. The van der Waals surface area contributed by atoms with E-state index in [1.54, 1.807) is 18.3 Å². The minimum absolute atomic E-state index is 0.0505. The molecule has 1 saturated heterocycles. The molecule has 1 aromatic heterocycles. The Bertz CT molecular complexity index is 586. The number of carbonyl (C=O) groups is 2. The summed E-state index contributed by atoms with van der Waals surface area (Å²) >= 11 is 0. The van der Waals surface area contributed by atoms with E-state index in [1.807, 2.05) is 6.92 Å². The lowest BCUT2D eigenvalue weighted by Crippen LogP contribution is -2.39. The molecule has 0 amide bonds. The van der Waals surface area contributed by atoms with Gasteiger partial charge in [0, 0.05) is 31.2 Å². The Morgan fingerprint density at radius 3 is 2.76 bits per heavy atom. The molecule has 25 heavy (non-hydrogen) atoms. The molecular weight excluding hydrogens is 328 g/mol. The number of aromatic nitrogens is 1. The van der Waals surface area contributed by atoms with E-state index >= 15 is 0 Å². The molecule has 2 rings (SSSR count). The number of nitroso groups, excluding NO2 is 1. The summed E-state index contributed by atoms with van der Waals surface area (Å²) in [7, 11) is 0. The number of pyridine rings is 1. The fraction of sp³-hybridized carbons (Fsp3) is 0.588. The van der Waals surface area contributed by atoms with Crippen LogP contribution in [0, 0.1) is 10.8 Å². The highest BCUT2D eigenvalue weighted by molar-refractivity contribution is 5.88. The smallest absolute Gasteiger partial charge is 0.339 e. The predicted molar refractivity (Wildman–Crippen MR) is 87.6 cm³/mol. The fourth-order valence-corrected chi connectivity index (χ4v) is 2.47. The van der Waals surface area contributed by atoms with E-state index < -0.39 is 17.7 Å². The van der Waals surface area contributed by atoms with Crippen LogP contribution in [-0.4, -0.2) is 42.5 Å². The Labute approximate surface area is 145 Å². The maximum atomic E-state index is 12.1. The highest BCUT2D eigenvalue weighted by Crippen LogP contribution is 2.27. The van der Waals surface area contributed by atoms with Crippen LogP contribution in [0.2, 0.25) is 0 Å². The van der Waals surface area contributed by atoms with Crippen molar-refractivity contribution in [1.82, 2.24) is 4.98 Å². The number of hydrogen-bond donors (Lipinski definition) is 0. The molecule has 8 nitrogen and oxygen atoms in total. The third-order valence-electron chi connectivity index (χ3n) is 4.12. The van der Waals surface area contributed by atoms with Crippen molar-refractivity contribution in [3.05, 3.63) is 35.0 Å². The molecule has 0 spiro atoms. The van der Waals surface area contributed by atoms with Gasteiger partial charge in [0.05, 0.1) is 31.8 Å². The summed E-state index contributed by atoms with van der Waals surface area (Å²) in [6.07, 6.45) is 4.18. The van der Waals surface area contributed by atoms with Gasteiger partial charge >= 0.3 is 11.9 Å². The Hall–Kier alpha value is -2.35. The Kier molecular flexibility index (Phi) is 7.00. The Balaban J connectivity index is 1.83. The Morgan fingerprint density at radius 1 is 1.40 bits per heavy atom. The van der Waals surface area contributed by atoms with Gasteiger partial charge in [-0.3, -0.25) is 9.78 Å². The predicted octanol–water partition coefficient (Wildman–Crippen LogP) is 2.47. The number of rotatable bonds is 8. The quantitative estimate of drug-likeness (QED) is 0.524. The van der Waals surface area contributed by atoms with Crippen molar-refractivity contribution in [2.24, 2.45) is 11.1 Å². The zero-order chi connectivity index (χ0) is 18.1. The third-order valence-corrected chi connectivity index (χ3v) is 4.12. The number of carbonyl (C=O) groups excluding carboxylic acids is 2. The van der Waals surface area contributed by atoms with Gasteiger partial charge in [0.1, 0.15) is 0 Å².